The van der Waals surface area contributed by atoms with Crippen molar-refractivity contribution in [2.75, 3.05) is 37.7 Å². The molecule has 2 atom stereocenters. The number of unbranched alkanes of at least 4 members (excludes halogenated alkanes) is 2. The maximum Gasteiger partial charge on any atom is 0.237 e. The normalized spacial score (nSPS) is 22.9. The minimum absolute atomic E-state index is 0. The number of hydrogen-bond acceptors (Lipinski definition) is 5. The molecule has 9 heteroatoms. The Bertz CT molecular complexity index is 579. The number of piperidine rings is 1. The number of rotatable bonds is 9. The Morgan fingerprint density at radius 1 is 1.19 bits per heavy atom. The van der Waals surface area contributed by atoms with Gasteiger partial charge in [0.25, 0.3) is 0 Å². The Hall–Kier alpha value is -0.860. The van der Waals surface area contributed by atoms with Crippen molar-refractivity contribution >= 4 is 34.1 Å². The van der Waals surface area contributed by atoms with Crippen molar-refractivity contribution in [1.29, 1.82) is 0 Å². The Morgan fingerprint density at radius 3 is 2.63 bits per heavy atom. The molecule has 2 unspecified atom stereocenters. The van der Waals surface area contributed by atoms with Crippen molar-refractivity contribution in [2.45, 2.75) is 57.9 Å². The van der Waals surface area contributed by atoms with Crippen LogP contribution < -0.4 is 10.6 Å². The molecular weight excluding hydrogens is 390 g/mol. The number of sulfone groups is 1. The minimum Gasteiger partial charge on any atom is -0.354 e. The fraction of sp³-hybridized carbons (Fsp3) is 0.889. The summed E-state index contributed by atoms with van der Waals surface area (Å²) in [5.41, 5.74) is 0. The van der Waals surface area contributed by atoms with Crippen LogP contribution in [0.1, 0.15) is 51.9 Å². The first-order valence-electron chi connectivity index (χ1n) is 9.90. The van der Waals surface area contributed by atoms with Gasteiger partial charge >= 0.3 is 0 Å². The van der Waals surface area contributed by atoms with E-state index >= 15 is 0 Å². The second-order valence-electron chi connectivity index (χ2n) is 7.54. The van der Waals surface area contributed by atoms with Crippen molar-refractivity contribution in [3.05, 3.63) is 0 Å². The van der Waals surface area contributed by atoms with Crippen molar-refractivity contribution < 1.29 is 18.0 Å². The minimum atomic E-state index is -3.33. The van der Waals surface area contributed by atoms with Crippen LogP contribution in [0.15, 0.2) is 0 Å². The summed E-state index contributed by atoms with van der Waals surface area (Å²) in [5.74, 6) is -0.365. The van der Waals surface area contributed by atoms with Crippen molar-refractivity contribution in [2.24, 2.45) is 5.92 Å². The fourth-order valence-corrected chi connectivity index (χ4v) is 5.01. The van der Waals surface area contributed by atoms with E-state index in [4.69, 9.17) is 0 Å². The lowest BCUT2D eigenvalue weighted by Crippen LogP contribution is -2.47. The molecule has 2 aliphatic heterocycles. The summed E-state index contributed by atoms with van der Waals surface area (Å²) in [7, 11) is -3.33. The van der Waals surface area contributed by atoms with Gasteiger partial charge in [-0.2, -0.15) is 0 Å². The smallest absolute Gasteiger partial charge is 0.237 e. The van der Waals surface area contributed by atoms with Gasteiger partial charge in [-0.1, -0.05) is 19.8 Å². The molecule has 0 spiro atoms. The van der Waals surface area contributed by atoms with Gasteiger partial charge in [-0.05, 0) is 44.6 Å². The Kier molecular flexibility index (Phi) is 10.6. The molecule has 7 nitrogen and oxygen atoms in total. The summed E-state index contributed by atoms with van der Waals surface area (Å²) in [6.45, 7) is 4.59. The molecule has 2 aliphatic rings. The van der Waals surface area contributed by atoms with Crippen LogP contribution in [0.3, 0.4) is 0 Å². The molecule has 2 rings (SSSR count). The highest BCUT2D eigenvalue weighted by Gasteiger charge is 2.28. The van der Waals surface area contributed by atoms with Crippen LogP contribution >= 0.6 is 12.4 Å². The number of halogens is 1. The van der Waals surface area contributed by atoms with Gasteiger partial charge in [0.1, 0.15) is 5.75 Å². The Labute approximate surface area is 169 Å². The zero-order chi connectivity index (χ0) is 19.0. The van der Waals surface area contributed by atoms with Crippen molar-refractivity contribution in [3.63, 3.8) is 0 Å². The fourth-order valence-electron chi connectivity index (χ4n) is 3.66. The number of nitrogens with one attached hydrogen (secondary N) is 2. The molecule has 158 valence electrons. The number of nitrogens with zero attached hydrogens (tertiary/aromatic N) is 1. The first kappa shape index (κ1) is 24.2. The molecule has 2 amide bonds. The predicted molar refractivity (Wildman–Crippen MR) is 109 cm³/mol. The first-order valence-corrected chi connectivity index (χ1v) is 11.7. The maximum atomic E-state index is 12.4. The second-order valence-corrected chi connectivity index (χ2v) is 9.73. The number of amides is 2. The van der Waals surface area contributed by atoms with E-state index in [-0.39, 0.29) is 47.7 Å². The van der Waals surface area contributed by atoms with Gasteiger partial charge in [-0.15, -0.1) is 12.4 Å². The highest BCUT2D eigenvalue weighted by atomic mass is 35.5. The number of hydrogen-bond donors (Lipinski definition) is 2. The quantitative estimate of drug-likeness (QED) is 0.542. The first-order chi connectivity index (χ1) is 12.4. The van der Waals surface area contributed by atoms with Gasteiger partial charge < -0.3 is 15.5 Å². The molecule has 0 aromatic carbocycles. The number of carbonyl (C=O) groups excluding carboxylic acids is 2. The van der Waals surface area contributed by atoms with Gasteiger partial charge in [0.05, 0.1) is 11.8 Å². The summed E-state index contributed by atoms with van der Waals surface area (Å²) in [4.78, 5) is 26.1. The van der Waals surface area contributed by atoms with Crippen LogP contribution in [0.4, 0.5) is 0 Å². The number of carbonyl (C=O) groups is 2. The average molecular weight is 424 g/mol. The second kappa shape index (κ2) is 11.9. The van der Waals surface area contributed by atoms with Crippen LogP contribution in [0.2, 0.25) is 0 Å². The standard InChI is InChI=1S/C18H33N3O4S.ClH/c1-2-3-4-11-26(24,25)14-17(22)21-10-6-7-15(13-21)12-20-18(23)16-8-5-9-19-16;/h15-16,19H,2-14H2,1H3,(H,20,23);1H. The van der Waals surface area contributed by atoms with Crippen LogP contribution in [0, 0.1) is 5.92 Å². The topological polar surface area (TPSA) is 95.6 Å². The molecule has 27 heavy (non-hydrogen) atoms. The molecule has 0 aliphatic carbocycles. The molecule has 2 N–H and O–H groups in total. The van der Waals surface area contributed by atoms with E-state index in [1.54, 1.807) is 4.90 Å². The summed E-state index contributed by atoms with van der Waals surface area (Å²) in [6, 6.07) is -0.0930. The summed E-state index contributed by atoms with van der Waals surface area (Å²) < 4.78 is 24.2. The molecule has 0 aromatic heterocycles. The average Bonchev–Trinajstić information content (AvgIpc) is 3.14. The van der Waals surface area contributed by atoms with E-state index in [9.17, 15) is 18.0 Å². The van der Waals surface area contributed by atoms with E-state index in [1.807, 2.05) is 6.92 Å². The van der Waals surface area contributed by atoms with E-state index in [0.29, 0.717) is 26.1 Å². The lowest BCUT2D eigenvalue weighted by atomic mass is 9.98. The van der Waals surface area contributed by atoms with E-state index < -0.39 is 9.84 Å². The van der Waals surface area contributed by atoms with Gasteiger partial charge in [0.15, 0.2) is 9.84 Å². The summed E-state index contributed by atoms with van der Waals surface area (Å²) >= 11 is 0. The van der Waals surface area contributed by atoms with Gasteiger partial charge in [0, 0.05) is 19.6 Å². The predicted octanol–water partition coefficient (Wildman–Crippen LogP) is 1.12. The highest BCUT2D eigenvalue weighted by Crippen LogP contribution is 2.17. The Morgan fingerprint density at radius 2 is 1.96 bits per heavy atom. The molecular formula is C18H34ClN3O4S. The van der Waals surface area contributed by atoms with Crippen LogP contribution in [0.25, 0.3) is 0 Å². The third-order valence-corrected chi connectivity index (χ3v) is 6.81. The zero-order valence-electron chi connectivity index (χ0n) is 16.2. The van der Waals surface area contributed by atoms with E-state index in [2.05, 4.69) is 10.6 Å². The molecule has 2 fully saturated rings. The number of likely N-dealkylation sites (tertiary alicyclic amines) is 1. The molecule has 2 saturated heterocycles. The van der Waals surface area contributed by atoms with Gasteiger partial charge in [-0.3, -0.25) is 9.59 Å². The third-order valence-electron chi connectivity index (χ3n) is 5.22. The third kappa shape index (κ3) is 8.35. The molecule has 2 heterocycles. The molecule has 0 saturated carbocycles. The maximum absolute atomic E-state index is 12.4. The summed E-state index contributed by atoms with van der Waals surface area (Å²) in [6.07, 6.45) is 6.15. The van der Waals surface area contributed by atoms with E-state index in [0.717, 1.165) is 45.1 Å². The molecule has 0 radical (unpaired) electrons. The highest BCUT2D eigenvalue weighted by molar-refractivity contribution is 7.92. The SMILES string of the molecule is CCCCCS(=O)(=O)CC(=O)N1CCCC(CNC(=O)C2CCCN2)C1.Cl. The largest absolute Gasteiger partial charge is 0.354 e. The van der Waals surface area contributed by atoms with Crippen LogP contribution in [0.5, 0.6) is 0 Å². The van der Waals surface area contributed by atoms with Crippen molar-refractivity contribution in [3.8, 4) is 0 Å². The lowest BCUT2D eigenvalue weighted by molar-refractivity contribution is -0.130. The van der Waals surface area contributed by atoms with E-state index in [1.165, 1.54) is 0 Å². The van der Waals surface area contributed by atoms with Gasteiger partial charge in [0.2, 0.25) is 11.8 Å². The van der Waals surface area contributed by atoms with Gasteiger partial charge in [-0.25, -0.2) is 8.42 Å². The molecule has 0 bridgehead atoms. The summed E-state index contributed by atoms with van der Waals surface area (Å²) in [5, 5.41) is 6.15. The van der Waals surface area contributed by atoms with Crippen LogP contribution in [-0.2, 0) is 19.4 Å². The monoisotopic (exact) mass is 423 g/mol. The van der Waals surface area contributed by atoms with Crippen LogP contribution in [-0.4, -0.2) is 68.9 Å². The van der Waals surface area contributed by atoms with Crippen molar-refractivity contribution in [1.82, 2.24) is 15.5 Å². The zero-order valence-corrected chi connectivity index (χ0v) is 17.9. The lowest BCUT2D eigenvalue weighted by Gasteiger charge is -2.33. The Balaban J connectivity index is 0.00000364. The molecule has 0 aromatic rings.